The molecule has 0 saturated heterocycles. The fourth-order valence-corrected chi connectivity index (χ4v) is 3.01. The maximum absolute atomic E-state index is 13.0. The number of nitrogens with zero attached hydrogens (tertiary/aromatic N) is 1. The van der Waals surface area contributed by atoms with E-state index in [2.05, 4.69) is 20.9 Å². The minimum atomic E-state index is -0.577. The van der Waals surface area contributed by atoms with Crippen LogP contribution in [0.5, 0.6) is 11.5 Å². The van der Waals surface area contributed by atoms with Crippen LogP contribution in [0.2, 0.25) is 0 Å². The summed E-state index contributed by atoms with van der Waals surface area (Å²) in [6, 6.07) is 9.11. The van der Waals surface area contributed by atoms with E-state index in [1.165, 1.54) is 24.3 Å². The molecule has 0 fully saturated rings. The minimum absolute atomic E-state index is 0.0212. The molecule has 0 atom stereocenters. The third-order valence-corrected chi connectivity index (χ3v) is 4.21. The summed E-state index contributed by atoms with van der Waals surface area (Å²) >= 11 is 3.47. The fraction of sp³-hybridized carbons (Fsp3) is 0.200. The van der Waals surface area contributed by atoms with E-state index in [0.29, 0.717) is 27.1 Å². The van der Waals surface area contributed by atoms with Gasteiger partial charge in [-0.15, -0.1) is 0 Å². The number of carbonyl (C=O) groups excluding carboxylic acids is 1. The number of carbonyl (C=O) groups is 1. The molecule has 2 aromatic rings. The number of esters is 1. The van der Waals surface area contributed by atoms with Crippen LogP contribution < -0.4 is 9.47 Å². The zero-order chi connectivity index (χ0) is 19.6. The average molecular weight is 434 g/mol. The van der Waals surface area contributed by atoms with Gasteiger partial charge in [-0.25, -0.2) is 14.2 Å². The van der Waals surface area contributed by atoms with Crippen molar-refractivity contribution < 1.29 is 23.4 Å². The predicted octanol–water partition coefficient (Wildman–Crippen LogP) is 4.73. The van der Waals surface area contributed by atoms with E-state index in [-0.39, 0.29) is 23.5 Å². The monoisotopic (exact) mass is 433 g/mol. The molecule has 0 spiro atoms. The lowest BCUT2D eigenvalue weighted by Crippen LogP contribution is -2.07. The number of methoxy groups -OCH3 is 1. The zero-order valence-electron chi connectivity index (χ0n) is 15.0. The molecule has 0 aliphatic carbocycles. The zero-order valence-corrected chi connectivity index (χ0v) is 16.5. The van der Waals surface area contributed by atoms with Gasteiger partial charge < -0.3 is 14.2 Å². The van der Waals surface area contributed by atoms with E-state index in [1.54, 1.807) is 25.3 Å². The Labute approximate surface area is 164 Å². The van der Waals surface area contributed by atoms with Gasteiger partial charge in [-0.3, -0.25) is 0 Å². The molecule has 0 unspecified atom stereocenters. The van der Waals surface area contributed by atoms with Crippen molar-refractivity contribution in [3.63, 3.8) is 0 Å². The van der Waals surface area contributed by atoms with Crippen LogP contribution in [0.1, 0.15) is 25.0 Å². The van der Waals surface area contributed by atoms with Gasteiger partial charge in [0.25, 0.3) is 0 Å². The molecule has 0 aromatic heterocycles. The van der Waals surface area contributed by atoms with Gasteiger partial charge in [0.05, 0.1) is 17.7 Å². The molecule has 0 N–H and O–H groups in total. The summed E-state index contributed by atoms with van der Waals surface area (Å²) < 4.78 is 30.1. The summed E-state index contributed by atoms with van der Waals surface area (Å²) in [6.45, 7) is 3.84. The number of halogens is 2. The van der Waals surface area contributed by atoms with Gasteiger partial charge >= 0.3 is 5.97 Å². The molecule has 140 valence electrons. The van der Waals surface area contributed by atoms with E-state index >= 15 is 0 Å². The van der Waals surface area contributed by atoms with Gasteiger partial charge in [0.2, 0.25) is 5.90 Å². The van der Waals surface area contributed by atoms with Crippen LogP contribution in [0.3, 0.4) is 0 Å². The number of aliphatic imine (C=N–C) groups is 1. The molecule has 0 amide bonds. The molecule has 0 saturated carbocycles. The van der Waals surface area contributed by atoms with E-state index in [4.69, 9.17) is 14.2 Å². The van der Waals surface area contributed by atoms with Crippen LogP contribution in [0.25, 0.3) is 6.08 Å². The Hall–Kier alpha value is -2.67. The molecule has 0 radical (unpaired) electrons. The van der Waals surface area contributed by atoms with Gasteiger partial charge in [-0.1, -0.05) is 0 Å². The number of rotatable bonds is 5. The van der Waals surface area contributed by atoms with Crippen molar-refractivity contribution in [2.45, 2.75) is 20.0 Å². The molecule has 1 aliphatic rings. The Morgan fingerprint density at radius 3 is 2.56 bits per heavy atom. The van der Waals surface area contributed by atoms with E-state index in [0.717, 1.165) is 0 Å². The van der Waals surface area contributed by atoms with Gasteiger partial charge in [0, 0.05) is 5.56 Å². The summed E-state index contributed by atoms with van der Waals surface area (Å²) in [6.07, 6.45) is 1.57. The molecular formula is C20H17BrFNO4. The number of hydrogen-bond donors (Lipinski definition) is 0. The van der Waals surface area contributed by atoms with Crippen molar-refractivity contribution in [2.75, 3.05) is 7.11 Å². The number of benzene rings is 2. The van der Waals surface area contributed by atoms with Gasteiger partial charge in [-0.05, 0) is 77.8 Å². The topological polar surface area (TPSA) is 57.1 Å². The Balaban J connectivity index is 1.95. The highest BCUT2D eigenvalue weighted by atomic mass is 79.9. The lowest BCUT2D eigenvalue weighted by molar-refractivity contribution is -0.129. The highest BCUT2D eigenvalue weighted by molar-refractivity contribution is 9.10. The van der Waals surface area contributed by atoms with Crippen LogP contribution in [-0.4, -0.2) is 25.1 Å². The molecule has 27 heavy (non-hydrogen) atoms. The Morgan fingerprint density at radius 1 is 1.22 bits per heavy atom. The highest BCUT2D eigenvalue weighted by Gasteiger charge is 2.24. The van der Waals surface area contributed by atoms with Crippen molar-refractivity contribution in [1.82, 2.24) is 0 Å². The van der Waals surface area contributed by atoms with Crippen molar-refractivity contribution >= 4 is 33.9 Å². The molecule has 3 rings (SSSR count). The quantitative estimate of drug-likeness (QED) is 0.505. The van der Waals surface area contributed by atoms with Crippen molar-refractivity contribution in [3.8, 4) is 11.5 Å². The normalized spacial score (nSPS) is 15.1. The Morgan fingerprint density at radius 2 is 1.93 bits per heavy atom. The van der Waals surface area contributed by atoms with Crippen LogP contribution >= 0.6 is 15.9 Å². The fourth-order valence-electron chi connectivity index (χ4n) is 2.46. The molecule has 5 nitrogen and oxygen atoms in total. The number of cyclic esters (lactones) is 1. The summed E-state index contributed by atoms with van der Waals surface area (Å²) in [5.41, 5.74) is 1.35. The second kappa shape index (κ2) is 7.92. The molecule has 1 aliphatic heterocycles. The average Bonchev–Trinajstić information content (AvgIpc) is 2.98. The maximum atomic E-state index is 13.0. The van der Waals surface area contributed by atoms with E-state index in [9.17, 15) is 9.18 Å². The van der Waals surface area contributed by atoms with Crippen LogP contribution in [-0.2, 0) is 9.53 Å². The SMILES string of the molecule is COc1cc(/C=C2\N=C(c3ccc(F)cc3)OC2=O)cc(Br)c1OC(C)C. The molecule has 0 bridgehead atoms. The summed E-state index contributed by atoms with van der Waals surface area (Å²) in [5.74, 6) is 0.294. The Bertz CT molecular complexity index is 936. The lowest BCUT2D eigenvalue weighted by atomic mass is 10.1. The van der Waals surface area contributed by atoms with Crippen molar-refractivity contribution in [1.29, 1.82) is 0 Å². The van der Waals surface area contributed by atoms with Crippen LogP contribution in [0.15, 0.2) is 51.6 Å². The smallest absolute Gasteiger partial charge is 0.363 e. The second-order valence-corrected chi connectivity index (χ2v) is 6.90. The maximum Gasteiger partial charge on any atom is 0.363 e. The first kappa shape index (κ1) is 19.1. The first-order chi connectivity index (χ1) is 12.9. The van der Waals surface area contributed by atoms with E-state index < -0.39 is 5.97 Å². The molecular weight excluding hydrogens is 417 g/mol. The minimum Gasteiger partial charge on any atom is -0.493 e. The predicted molar refractivity (Wildman–Crippen MR) is 103 cm³/mol. The number of hydrogen-bond acceptors (Lipinski definition) is 5. The summed E-state index contributed by atoms with van der Waals surface area (Å²) in [4.78, 5) is 16.4. The highest BCUT2D eigenvalue weighted by Crippen LogP contribution is 2.38. The van der Waals surface area contributed by atoms with Gasteiger partial charge in [-0.2, -0.15) is 0 Å². The third kappa shape index (κ3) is 4.36. The first-order valence-corrected chi connectivity index (χ1v) is 8.99. The molecule has 2 aromatic carbocycles. The standard InChI is InChI=1S/C20H17BrFNO4/c1-11(2)26-18-15(21)8-12(10-17(18)25-3)9-16-20(24)27-19(23-16)13-4-6-14(22)7-5-13/h4-11H,1-3H3/b16-9-. The van der Waals surface area contributed by atoms with Crippen molar-refractivity contribution in [2.24, 2.45) is 4.99 Å². The van der Waals surface area contributed by atoms with Crippen LogP contribution in [0.4, 0.5) is 4.39 Å². The van der Waals surface area contributed by atoms with E-state index in [1.807, 2.05) is 13.8 Å². The summed E-state index contributed by atoms with van der Waals surface area (Å²) in [5, 5.41) is 0. The lowest BCUT2D eigenvalue weighted by Gasteiger charge is -2.15. The molecule has 7 heteroatoms. The number of ether oxygens (including phenoxy) is 3. The third-order valence-electron chi connectivity index (χ3n) is 3.62. The van der Waals surface area contributed by atoms with Gasteiger partial charge in [0.15, 0.2) is 17.2 Å². The first-order valence-electron chi connectivity index (χ1n) is 8.20. The summed E-state index contributed by atoms with van der Waals surface area (Å²) in [7, 11) is 1.54. The largest absolute Gasteiger partial charge is 0.493 e. The van der Waals surface area contributed by atoms with Crippen molar-refractivity contribution in [3.05, 3.63) is 63.5 Å². The van der Waals surface area contributed by atoms with Crippen LogP contribution in [0, 0.1) is 5.82 Å². The molecule has 1 heterocycles. The second-order valence-electron chi connectivity index (χ2n) is 6.04. The van der Waals surface area contributed by atoms with Gasteiger partial charge in [0.1, 0.15) is 5.82 Å². The Kier molecular flexibility index (Phi) is 5.60.